The minimum Gasteiger partial charge on any atom is -0.492 e. The lowest BCUT2D eigenvalue weighted by Crippen LogP contribution is -2.21. The van der Waals surface area contributed by atoms with Crippen molar-refractivity contribution >= 4 is 23.2 Å². The van der Waals surface area contributed by atoms with Crippen molar-refractivity contribution in [2.75, 3.05) is 18.5 Å². The molecule has 1 amide bonds. The zero-order chi connectivity index (χ0) is 19.8. The van der Waals surface area contributed by atoms with Crippen LogP contribution in [0.3, 0.4) is 0 Å². The summed E-state index contributed by atoms with van der Waals surface area (Å²) in [6.07, 6.45) is -0.334. The van der Waals surface area contributed by atoms with Crippen molar-refractivity contribution in [1.29, 1.82) is 0 Å². The van der Waals surface area contributed by atoms with Crippen molar-refractivity contribution < 1.29 is 14.3 Å². The smallest absolute Gasteiger partial charge is 0.250 e. The van der Waals surface area contributed by atoms with E-state index in [1.54, 1.807) is 18.2 Å². The number of anilines is 1. The van der Waals surface area contributed by atoms with E-state index in [4.69, 9.17) is 21.1 Å². The Kier molecular flexibility index (Phi) is 7.06. The van der Waals surface area contributed by atoms with Gasteiger partial charge in [-0.2, -0.15) is 0 Å². The molecule has 4 nitrogen and oxygen atoms in total. The van der Waals surface area contributed by atoms with Gasteiger partial charge in [0.15, 0.2) is 0 Å². The number of amides is 1. The lowest BCUT2D eigenvalue weighted by molar-refractivity contribution is -0.121. The largest absolute Gasteiger partial charge is 0.492 e. The van der Waals surface area contributed by atoms with Crippen molar-refractivity contribution in [3.8, 4) is 5.75 Å². The molecule has 0 heterocycles. The number of benzene rings is 3. The first-order valence-electron chi connectivity index (χ1n) is 9.11. The normalized spacial score (nSPS) is 10.7. The number of halogens is 1. The third-order valence-electron chi connectivity index (χ3n) is 4.10. The Morgan fingerprint density at radius 2 is 1.57 bits per heavy atom. The predicted molar refractivity (Wildman–Crippen MR) is 112 cm³/mol. The Labute approximate surface area is 170 Å². The summed E-state index contributed by atoms with van der Waals surface area (Å²) in [7, 11) is 0. The number of rotatable bonds is 8. The molecule has 0 aromatic heterocycles. The van der Waals surface area contributed by atoms with Crippen LogP contribution in [0.15, 0.2) is 78.9 Å². The molecule has 0 spiro atoms. The third-order valence-corrected chi connectivity index (χ3v) is 4.34. The highest BCUT2D eigenvalue weighted by molar-refractivity contribution is 6.31. The lowest BCUT2D eigenvalue weighted by Gasteiger charge is -2.19. The van der Waals surface area contributed by atoms with Gasteiger partial charge in [-0.15, -0.1) is 0 Å². The van der Waals surface area contributed by atoms with E-state index in [0.717, 1.165) is 11.1 Å². The molecule has 0 bridgehead atoms. The van der Waals surface area contributed by atoms with Crippen LogP contribution in [0.25, 0.3) is 0 Å². The number of hydrogen-bond donors (Lipinski definition) is 1. The number of hydrogen-bond acceptors (Lipinski definition) is 3. The maximum absolute atomic E-state index is 12.5. The van der Waals surface area contributed by atoms with Gasteiger partial charge in [0.2, 0.25) is 0 Å². The van der Waals surface area contributed by atoms with Crippen LogP contribution in [0.2, 0.25) is 5.02 Å². The van der Waals surface area contributed by atoms with Crippen LogP contribution >= 0.6 is 11.6 Å². The number of ether oxygens (including phenoxy) is 2. The Morgan fingerprint density at radius 3 is 2.14 bits per heavy atom. The molecule has 144 valence electrons. The van der Waals surface area contributed by atoms with E-state index in [0.29, 0.717) is 23.1 Å². The second kappa shape index (κ2) is 9.93. The van der Waals surface area contributed by atoms with Gasteiger partial charge in [-0.3, -0.25) is 4.79 Å². The van der Waals surface area contributed by atoms with Crippen LogP contribution in [0.4, 0.5) is 5.69 Å². The van der Waals surface area contributed by atoms with Crippen LogP contribution in [-0.4, -0.2) is 19.1 Å². The monoisotopic (exact) mass is 395 g/mol. The average Bonchev–Trinajstić information content (AvgIpc) is 2.72. The summed E-state index contributed by atoms with van der Waals surface area (Å²) in [6.45, 7) is 2.27. The molecule has 0 atom stereocenters. The van der Waals surface area contributed by atoms with Gasteiger partial charge >= 0.3 is 0 Å². The van der Waals surface area contributed by atoms with E-state index >= 15 is 0 Å². The molecule has 3 aromatic carbocycles. The van der Waals surface area contributed by atoms with Gasteiger partial charge in [-0.25, -0.2) is 0 Å². The van der Waals surface area contributed by atoms with Crippen molar-refractivity contribution in [3.05, 3.63) is 95.0 Å². The van der Waals surface area contributed by atoms with Crippen LogP contribution < -0.4 is 10.1 Å². The first kappa shape index (κ1) is 19.9. The van der Waals surface area contributed by atoms with E-state index in [-0.39, 0.29) is 18.6 Å². The van der Waals surface area contributed by atoms with E-state index in [1.807, 2.05) is 67.6 Å². The summed E-state index contributed by atoms with van der Waals surface area (Å²) in [5.74, 6) is 0.294. The van der Waals surface area contributed by atoms with E-state index < -0.39 is 0 Å². The summed E-state index contributed by atoms with van der Waals surface area (Å²) in [5.41, 5.74) is 2.50. The highest BCUT2D eigenvalue weighted by atomic mass is 35.5. The topological polar surface area (TPSA) is 47.6 Å². The Hall–Kier alpha value is -2.82. The van der Waals surface area contributed by atoms with Crippen molar-refractivity contribution in [2.24, 2.45) is 0 Å². The Bertz CT molecular complexity index is 861. The molecule has 0 fully saturated rings. The summed E-state index contributed by atoms with van der Waals surface area (Å²) < 4.78 is 11.5. The molecular formula is C23H22ClNO3. The first-order chi connectivity index (χ1) is 13.7. The number of carbonyl (C=O) groups is 1. The minimum atomic E-state index is -0.334. The molecule has 3 aromatic rings. The zero-order valence-corrected chi connectivity index (χ0v) is 16.4. The number of carbonyl (C=O) groups excluding carboxylic acids is 1. The second-order valence-electron chi connectivity index (χ2n) is 6.13. The summed E-state index contributed by atoms with van der Waals surface area (Å²) >= 11 is 6.05. The van der Waals surface area contributed by atoms with Gasteiger partial charge in [-0.1, -0.05) is 72.3 Å². The maximum atomic E-state index is 12.5. The van der Waals surface area contributed by atoms with Crippen LogP contribution in [-0.2, 0) is 9.53 Å². The van der Waals surface area contributed by atoms with Gasteiger partial charge in [0.25, 0.3) is 5.91 Å². The average molecular weight is 396 g/mol. The predicted octanol–water partition coefficient (Wildman–Crippen LogP) is 5.48. The fourth-order valence-electron chi connectivity index (χ4n) is 2.87. The molecule has 3 rings (SSSR count). The Morgan fingerprint density at radius 1 is 0.964 bits per heavy atom. The molecule has 0 saturated heterocycles. The molecular weight excluding hydrogens is 374 g/mol. The fourth-order valence-corrected chi connectivity index (χ4v) is 3.04. The molecule has 1 N–H and O–H groups in total. The van der Waals surface area contributed by atoms with Gasteiger partial charge in [0.1, 0.15) is 18.5 Å². The van der Waals surface area contributed by atoms with Crippen molar-refractivity contribution in [1.82, 2.24) is 0 Å². The van der Waals surface area contributed by atoms with Gasteiger partial charge in [0.05, 0.1) is 12.3 Å². The molecule has 0 unspecified atom stereocenters. The Balaban J connectivity index is 1.72. The minimum absolute atomic E-state index is 0.105. The molecule has 28 heavy (non-hydrogen) atoms. The molecule has 0 aliphatic rings. The standard InChI is InChI=1S/C23H22ClNO3/c1-2-27-21-14-13-19(24)15-20(21)25-22(26)16-28-23(17-9-5-3-6-10-17)18-11-7-4-8-12-18/h3-15,23H,2,16H2,1H3,(H,25,26). The second-order valence-corrected chi connectivity index (χ2v) is 6.57. The molecule has 0 radical (unpaired) electrons. The zero-order valence-electron chi connectivity index (χ0n) is 15.6. The highest BCUT2D eigenvalue weighted by Crippen LogP contribution is 2.29. The van der Waals surface area contributed by atoms with E-state index in [9.17, 15) is 4.79 Å². The van der Waals surface area contributed by atoms with Gasteiger partial charge in [-0.05, 0) is 36.2 Å². The summed E-state index contributed by atoms with van der Waals surface area (Å²) in [6, 6.07) is 24.8. The van der Waals surface area contributed by atoms with Crippen LogP contribution in [0.5, 0.6) is 5.75 Å². The van der Waals surface area contributed by atoms with Gasteiger partial charge < -0.3 is 14.8 Å². The summed E-state index contributed by atoms with van der Waals surface area (Å²) in [5, 5.41) is 3.34. The molecule has 5 heteroatoms. The van der Waals surface area contributed by atoms with E-state index in [2.05, 4.69) is 5.32 Å². The summed E-state index contributed by atoms with van der Waals surface area (Å²) in [4.78, 5) is 12.5. The quantitative estimate of drug-likeness (QED) is 0.549. The first-order valence-corrected chi connectivity index (χ1v) is 9.49. The lowest BCUT2D eigenvalue weighted by atomic mass is 10.0. The van der Waals surface area contributed by atoms with Crippen molar-refractivity contribution in [2.45, 2.75) is 13.0 Å². The van der Waals surface area contributed by atoms with Gasteiger partial charge in [0, 0.05) is 5.02 Å². The molecule has 0 aliphatic carbocycles. The highest BCUT2D eigenvalue weighted by Gasteiger charge is 2.17. The molecule has 0 saturated carbocycles. The van der Waals surface area contributed by atoms with Crippen LogP contribution in [0, 0.1) is 0 Å². The third kappa shape index (κ3) is 5.35. The fraction of sp³-hybridized carbons (Fsp3) is 0.174. The number of nitrogens with one attached hydrogen (secondary N) is 1. The SMILES string of the molecule is CCOc1ccc(Cl)cc1NC(=O)COC(c1ccccc1)c1ccccc1. The van der Waals surface area contributed by atoms with Crippen LogP contribution in [0.1, 0.15) is 24.2 Å². The maximum Gasteiger partial charge on any atom is 0.250 e. The molecule has 0 aliphatic heterocycles. The van der Waals surface area contributed by atoms with Crippen molar-refractivity contribution in [3.63, 3.8) is 0 Å². The van der Waals surface area contributed by atoms with E-state index in [1.165, 1.54) is 0 Å².